The monoisotopic (exact) mass is 494 g/mol. The second kappa shape index (κ2) is 10.7. The van der Waals surface area contributed by atoms with E-state index in [-0.39, 0.29) is 16.4 Å². The van der Waals surface area contributed by atoms with Crippen LogP contribution in [0.3, 0.4) is 0 Å². The van der Waals surface area contributed by atoms with Gasteiger partial charge in [-0.25, -0.2) is 13.2 Å². The van der Waals surface area contributed by atoms with Crippen molar-refractivity contribution in [3.05, 3.63) is 96.1 Å². The molecule has 1 fully saturated rings. The van der Waals surface area contributed by atoms with Crippen LogP contribution in [0.2, 0.25) is 0 Å². The third-order valence-electron chi connectivity index (χ3n) is 5.74. The fourth-order valence-corrected chi connectivity index (χ4v) is 4.91. The van der Waals surface area contributed by atoms with Crippen LogP contribution in [0.4, 0.5) is 5.69 Å². The Balaban J connectivity index is 1.53. The van der Waals surface area contributed by atoms with E-state index in [0.717, 1.165) is 0 Å². The van der Waals surface area contributed by atoms with E-state index in [9.17, 15) is 18.0 Å². The van der Waals surface area contributed by atoms with Crippen LogP contribution < -0.4 is 4.31 Å². The molecular formula is C26H26N2O6S. The molecule has 9 heteroatoms. The Morgan fingerprint density at radius 3 is 2.06 bits per heavy atom. The number of amides is 1. The van der Waals surface area contributed by atoms with Gasteiger partial charge in [0.1, 0.15) is 0 Å². The number of ether oxygens (including phenoxy) is 2. The maximum absolute atomic E-state index is 13.2. The summed E-state index contributed by atoms with van der Waals surface area (Å²) in [5.41, 5.74) is 1.21. The van der Waals surface area contributed by atoms with Crippen molar-refractivity contribution < 1.29 is 27.5 Å². The van der Waals surface area contributed by atoms with Gasteiger partial charge in [-0.1, -0.05) is 48.5 Å². The molecule has 1 atom stereocenters. The number of morpholine rings is 1. The third-order valence-corrected chi connectivity index (χ3v) is 7.54. The van der Waals surface area contributed by atoms with Crippen LogP contribution in [0.1, 0.15) is 22.0 Å². The first-order chi connectivity index (χ1) is 16.9. The molecule has 1 unspecified atom stereocenters. The summed E-state index contributed by atoms with van der Waals surface area (Å²) < 4.78 is 38.1. The van der Waals surface area contributed by atoms with Crippen LogP contribution >= 0.6 is 0 Å². The Hall–Kier alpha value is -3.69. The summed E-state index contributed by atoms with van der Waals surface area (Å²) >= 11 is 0. The lowest BCUT2D eigenvalue weighted by Gasteiger charge is -2.30. The van der Waals surface area contributed by atoms with Crippen molar-refractivity contribution >= 4 is 27.6 Å². The number of benzene rings is 3. The number of hydrogen-bond donors (Lipinski definition) is 0. The number of nitrogens with zero attached hydrogens (tertiary/aromatic N) is 2. The molecule has 0 saturated carbocycles. The number of sulfonamides is 1. The van der Waals surface area contributed by atoms with E-state index in [1.165, 1.54) is 35.6 Å². The molecule has 35 heavy (non-hydrogen) atoms. The Kier molecular flexibility index (Phi) is 7.48. The van der Waals surface area contributed by atoms with Gasteiger partial charge in [-0.3, -0.25) is 9.10 Å². The SMILES string of the molecule is CN(c1ccccc1)S(=O)(=O)c1ccc(C(=O)OC(C(=O)N2CCOCC2)c2ccccc2)cc1. The lowest BCUT2D eigenvalue weighted by molar-refractivity contribution is -0.145. The van der Waals surface area contributed by atoms with Gasteiger partial charge in [0.05, 0.1) is 29.4 Å². The van der Waals surface area contributed by atoms with E-state index in [2.05, 4.69) is 0 Å². The molecule has 0 N–H and O–H groups in total. The van der Waals surface area contributed by atoms with Gasteiger partial charge in [-0.2, -0.15) is 0 Å². The molecule has 3 aromatic carbocycles. The highest BCUT2D eigenvalue weighted by molar-refractivity contribution is 7.92. The van der Waals surface area contributed by atoms with E-state index in [0.29, 0.717) is 37.6 Å². The van der Waals surface area contributed by atoms with Crippen LogP contribution in [-0.4, -0.2) is 58.5 Å². The minimum absolute atomic E-state index is 0.0319. The molecular weight excluding hydrogens is 468 g/mol. The van der Waals surface area contributed by atoms with Gasteiger partial charge in [0.25, 0.3) is 15.9 Å². The lowest BCUT2D eigenvalue weighted by Crippen LogP contribution is -2.44. The van der Waals surface area contributed by atoms with E-state index in [1.54, 1.807) is 59.5 Å². The number of carbonyl (C=O) groups is 2. The normalized spacial score (nSPS) is 14.7. The summed E-state index contributed by atoms with van der Waals surface area (Å²) in [6, 6.07) is 23.0. The molecule has 8 nitrogen and oxygen atoms in total. The predicted molar refractivity (Wildman–Crippen MR) is 130 cm³/mol. The second-order valence-corrected chi connectivity index (χ2v) is 9.94. The van der Waals surface area contributed by atoms with Crippen LogP contribution in [0, 0.1) is 0 Å². The molecule has 0 bridgehead atoms. The average molecular weight is 495 g/mol. The van der Waals surface area contributed by atoms with Crippen molar-refractivity contribution in [2.45, 2.75) is 11.0 Å². The van der Waals surface area contributed by atoms with E-state index in [1.807, 2.05) is 6.07 Å². The fraction of sp³-hybridized carbons (Fsp3) is 0.231. The zero-order chi connectivity index (χ0) is 24.8. The Labute approximate surface area is 204 Å². The fourth-order valence-electron chi connectivity index (χ4n) is 3.71. The average Bonchev–Trinajstić information content (AvgIpc) is 2.92. The molecule has 1 amide bonds. The van der Waals surface area contributed by atoms with Gasteiger partial charge in [0.2, 0.25) is 6.10 Å². The maximum atomic E-state index is 13.2. The highest BCUT2D eigenvalue weighted by Crippen LogP contribution is 2.25. The van der Waals surface area contributed by atoms with Crippen LogP contribution in [0.5, 0.6) is 0 Å². The van der Waals surface area contributed by atoms with Crippen molar-refractivity contribution in [1.82, 2.24) is 4.90 Å². The number of rotatable bonds is 7. The van der Waals surface area contributed by atoms with Gasteiger partial charge in [0, 0.05) is 25.7 Å². The summed E-state index contributed by atoms with van der Waals surface area (Å²) in [6.45, 7) is 1.69. The first-order valence-corrected chi connectivity index (χ1v) is 12.6. The minimum atomic E-state index is -3.82. The first-order valence-electron chi connectivity index (χ1n) is 11.1. The number of hydrogen-bond acceptors (Lipinski definition) is 6. The molecule has 1 aliphatic rings. The van der Waals surface area contributed by atoms with Crippen molar-refractivity contribution in [3.63, 3.8) is 0 Å². The number of esters is 1. The second-order valence-electron chi connectivity index (χ2n) is 7.97. The molecule has 1 saturated heterocycles. The molecule has 0 radical (unpaired) electrons. The summed E-state index contributed by atoms with van der Waals surface area (Å²) in [6.07, 6.45) is -1.12. The van der Waals surface area contributed by atoms with Crippen LogP contribution in [0.15, 0.2) is 89.8 Å². The Morgan fingerprint density at radius 2 is 1.46 bits per heavy atom. The molecule has 0 aliphatic carbocycles. The molecule has 0 spiro atoms. The predicted octanol–water partition coefficient (Wildman–Crippen LogP) is 3.27. The quantitative estimate of drug-likeness (QED) is 0.468. The lowest BCUT2D eigenvalue weighted by atomic mass is 10.1. The third kappa shape index (κ3) is 5.52. The van der Waals surface area contributed by atoms with Crippen molar-refractivity contribution in [2.24, 2.45) is 0 Å². The largest absolute Gasteiger partial charge is 0.444 e. The van der Waals surface area contributed by atoms with Crippen molar-refractivity contribution in [3.8, 4) is 0 Å². The summed E-state index contributed by atoms with van der Waals surface area (Å²) in [5.74, 6) is -1.04. The molecule has 182 valence electrons. The Bertz CT molecular complexity index is 1260. The number of para-hydroxylation sites is 1. The Morgan fingerprint density at radius 1 is 0.886 bits per heavy atom. The van der Waals surface area contributed by atoms with Gasteiger partial charge < -0.3 is 14.4 Å². The smallest absolute Gasteiger partial charge is 0.339 e. The topological polar surface area (TPSA) is 93.2 Å². The number of carbonyl (C=O) groups excluding carboxylic acids is 2. The van der Waals surface area contributed by atoms with Gasteiger partial charge in [-0.15, -0.1) is 0 Å². The van der Waals surface area contributed by atoms with Gasteiger partial charge in [-0.05, 0) is 36.4 Å². The van der Waals surface area contributed by atoms with Gasteiger partial charge >= 0.3 is 5.97 Å². The standard InChI is InChI=1S/C26H26N2O6S/c1-27(22-10-6-3-7-11-22)35(31,32)23-14-12-21(13-15-23)26(30)34-24(20-8-4-2-5-9-20)25(29)28-16-18-33-19-17-28/h2-15,24H,16-19H2,1H3. The van der Waals surface area contributed by atoms with E-state index in [4.69, 9.17) is 9.47 Å². The van der Waals surface area contributed by atoms with Crippen molar-refractivity contribution in [1.29, 1.82) is 0 Å². The molecule has 3 aromatic rings. The highest BCUT2D eigenvalue weighted by atomic mass is 32.2. The van der Waals surface area contributed by atoms with Crippen LogP contribution in [0.25, 0.3) is 0 Å². The van der Waals surface area contributed by atoms with Crippen LogP contribution in [-0.2, 0) is 24.3 Å². The summed E-state index contributed by atoms with van der Waals surface area (Å²) in [7, 11) is -2.35. The summed E-state index contributed by atoms with van der Waals surface area (Å²) in [5, 5.41) is 0. The van der Waals surface area contributed by atoms with Gasteiger partial charge in [0.15, 0.2) is 0 Å². The zero-order valence-corrected chi connectivity index (χ0v) is 20.1. The zero-order valence-electron chi connectivity index (χ0n) is 19.2. The minimum Gasteiger partial charge on any atom is -0.444 e. The van der Waals surface area contributed by atoms with Crippen molar-refractivity contribution in [2.75, 3.05) is 37.7 Å². The highest BCUT2D eigenvalue weighted by Gasteiger charge is 2.31. The maximum Gasteiger partial charge on any atom is 0.339 e. The number of anilines is 1. The molecule has 1 heterocycles. The molecule has 4 rings (SSSR count). The molecule has 0 aromatic heterocycles. The van der Waals surface area contributed by atoms with E-state index >= 15 is 0 Å². The first kappa shape index (κ1) is 24.4. The van der Waals surface area contributed by atoms with E-state index < -0.39 is 22.1 Å². The summed E-state index contributed by atoms with van der Waals surface area (Å²) in [4.78, 5) is 27.8. The molecule has 1 aliphatic heterocycles.